The summed E-state index contributed by atoms with van der Waals surface area (Å²) in [6.45, 7) is 1.61. The first kappa shape index (κ1) is 26.2. The molecule has 1 aliphatic heterocycles. The minimum absolute atomic E-state index is 0. The van der Waals surface area contributed by atoms with E-state index in [-0.39, 0.29) is 24.0 Å². The van der Waals surface area contributed by atoms with Crippen molar-refractivity contribution in [3.8, 4) is 11.5 Å². The molecule has 176 valence electrons. The number of anilines is 1. The Morgan fingerprint density at radius 2 is 1.75 bits per heavy atom. The summed E-state index contributed by atoms with van der Waals surface area (Å²) in [7, 11) is 1.39. The monoisotopic (exact) mass is 574 g/mol. The van der Waals surface area contributed by atoms with Crippen LogP contribution < -0.4 is 20.1 Å². The van der Waals surface area contributed by atoms with Gasteiger partial charge in [0.15, 0.2) is 17.5 Å². The third kappa shape index (κ3) is 6.48. The van der Waals surface area contributed by atoms with Gasteiger partial charge >= 0.3 is 0 Å². The quantitative estimate of drug-likeness (QED) is 0.298. The molecule has 0 spiro atoms. The van der Waals surface area contributed by atoms with Crippen LogP contribution in [-0.2, 0) is 16.6 Å². The van der Waals surface area contributed by atoms with E-state index < -0.39 is 10.0 Å². The lowest BCUT2D eigenvalue weighted by Crippen LogP contribution is -2.35. The highest BCUT2D eigenvalue weighted by molar-refractivity contribution is 14.0. The second-order valence-electron chi connectivity index (χ2n) is 7.23. The highest BCUT2D eigenvalue weighted by Gasteiger charge is 2.25. The number of piperidine rings is 1. The van der Waals surface area contributed by atoms with Gasteiger partial charge in [0.1, 0.15) is 0 Å². The zero-order chi connectivity index (χ0) is 22.3. The van der Waals surface area contributed by atoms with E-state index in [0.29, 0.717) is 42.0 Å². The summed E-state index contributed by atoms with van der Waals surface area (Å²) in [6.07, 6.45) is 2.92. The Bertz CT molecular complexity index is 1020. The van der Waals surface area contributed by atoms with Gasteiger partial charge in [-0.05, 0) is 42.7 Å². The number of halogens is 1. The third-order valence-electron chi connectivity index (χ3n) is 5.18. The molecule has 0 atom stereocenters. The van der Waals surface area contributed by atoms with Gasteiger partial charge in [-0.15, -0.1) is 24.0 Å². The maximum absolute atomic E-state index is 12.9. The Kier molecular flexibility index (Phi) is 10.0. The molecule has 8 nitrogen and oxygen atoms in total. The van der Waals surface area contributed by atoms with Crippen molar-refractivity contribution in [2.75, 3.05) is 39.7 Å². The number of nitrogens with zero attached hydrogens (tertiary/aromatic N) is 2. The Labute approximate surface area is 207 Å². The van der Waals surface area contributed by atoms with Gasteiger partial charge in [-0.25, -0.2) is 8.42 Å². The molecular formula is C22H31IN4O4S. The van der Waals surface area contributed by atoms with Gasteiger partial charge in [-0.3, -0.25) is 4.99 Å². The molecule has 32 heavy (non-hydrogen) atoms. The number of nitrogens with one attached hydrogen (secondary N) is 2. The molecule has 0 bridgehead atoms. The third-order valence-corrected chi connectivity index (χ3v) is 7.08. The van der Waals surface area contributed by atoms with Crippen LogP contribution >= 0.6 is 24.0 Å². The number of hydrogen-bond donors (Lipinski definition) is 2. The minimum atomic E-state index is -3.46. The molecule has 1 saturated heterocycles. The Morgan fingerprint density at radius 1 is 1.03 bits per heavy atom. The van der Waals surface area contributed by atoms with Gasteiger partial charge in [0.2, 0.25) is 10.0 Å². The minimum Gasteiger partial charge on any atom is -0.493 e. The molecule has 1 heterocycles. The van der Waals surface area contributed by atoms with E-state index >= 15 is 0 Å². The number of guanidine groups is 1. The lowest BCUT2D eigenvalue weighted by Gasteiger charge is -2.26. The van der Waals surface area contributed by atoms with E-state index in [1.54, 1.807) is 43.8 Å². The fourth-order valence-corrected chi connectivity index (χ4v) is 5.07. The van der Waals surface area contributed by atoms with E-state index in [2.05, 4.69) is 15.6 Å². The molecule has 0 aromatic heterocycles. The van der Waals surface area contributed by atoms with E-state index in [0.717, 1.165) is 30.5 Å². The molecular weight excluding hydrogens is 543 g/mol. The average Bonchev–Trinajstić information content (AvgIpc) is 2.82. The van der Waals surface area contributed by atoms with Crippen molar-refractivity contribution in [3.63, 3.8) is 0 Å². The zero-order valence-corrected chi connectivity index (χ0v) is 21.8. The number of ether oxygens (including phenoxy) is 2. The van der Waals surface area contributed by atoms with Gasteiger partial charge in [0.05, 0.1) is 19.1 Å². The Balaban J connectivity index is 0.00000363. The van der Waals surface area contributed by atoms with Crippen LogP contribution in [0.1, 0.15) is 24.8 Å². The summed E-state index contributed by atoms with van der Waals surface area (Å²) in [5.41, 5.74) is 1.64. The molecule has 10 heteroatoms. The fourth-order valence-electron chi connectivity index (χ4n) is 3.49. The number of benzene rings is 2. The number of sulfonamides is 1. The largest absolute Gasteiger partial charge is 0.493 e. The second kappa shape index (κ2) is 12.3. The van der Waals surface area contributed by atoms with E-state index in [4.69, 9.17) is 9.47 Å². The first-order valence-corrected chi connectivity index (χ1v) is 11.7. The van der Waals surface area contributed by atoms with Crippen LogP contribution in [-0.4, -0.2) is 53.0 Å². The summed E-state index contributed by atoms with van der Waals surface area (Å²) >= 11 is 0. The van der Waals surface area contributed by atoms with E-state index in [9.17, 15) is 8.42 Å². The molecule has 2 N–H and O–H groups in total. The molecule has 2 aromatic rings. The zero-order valence-electron chi connectivity index (χ0n) is 18.6. The highest BCUT2D eigenvalue weighted by Crippen LogP contribution is 2.29. The molecule has 0 saturated carbocycles. The first-order chi connectivity index (χ1) is 15.0. The van der Waals surface area contributed by atoms with E-state index in [1.807, 2.05) is 24.3 Å². The van der Waals surface area contributed by atoms with Crippen LogP contribution in [0.15, 0.2) is 52.4 Å². The van der Waals surface area contributed by atoms with Crippen LogP contribution in [0, 0.1) is 0 Å². The predicted octanol–water partition coefficient (Wildman–Crippen LogP) is 3.68. The maximum Gasteiger partial charge on any atom is 0.243 e. The van der Waals surface area contributed by atoms with Crippen LogP contribution in [0.5, 0.6) is 11.5 Å². The summed E-state index contributed by atoms with van der Waals surface area (Å²) in [6, 6.07) is 12.5. The molecule has 0 unspecified atom stereocenters. The number of aliphatic imine (C=N–C) groups is 1. The van der Waals surface area contributed by atoms with Gasteiger partial charge in [-0.1, -0.05) is 18.6 Å². The van der Waals surface area contributed by atoms with Crippen molar-refractivity contribution in [3.05, 3.63) is 48.0 Å². The highest BCUT2D eigenvalue weighted by atomic mass is 127. The van der Waals surface area contributed by atoms with Gasteiger partial charge < -0.3 is 20.1 Å². The number of hydrogen-bond acceptors (Lipinski definition) is 5. The van der Waals surface area contributed by atoms with Gasteiger partial charge in [-0.2, -0.15) is 4.31 Å². The molecule has 0 aliphatic carbocycles. The normalized spacial score (nSPS) is 14.9. The molecule has 0 radical (unpaired) electrons. The lowest BCUT2D eigenvalue weighted by molar-refractivity contribution is 0.346. The smallest absolute Gasteiger partial charge is 0.243 e. The maximum atomic E-state index is 12.9. The van der Waals surface area contributed by atoms with Gasteiger partial charge in [0.25, 0.3) is 0 Å². The number of methoxy groups -OCH3 is 2. The van der Waals surface area contributed by atoms with Crippen molar-refractivity contribution < 1.29 is 17.9 Å². The Morgan fingerprint density at radius 3 is 2.41 bits per heavy atom. The summed E-state index contributed by atoms with van der Waals surface area (Å²) < 4.78 is 38.0. The van der Waals surface area contributed by atoms with Crippen molar-refractivity contribution in [1.82, 2.24) is 9.62 Å². The van der Waals surface area contributed by atoms with E-state index in [1.165, 1.54) is 0 Å². The summed E-state index contributed by atoms with van der Waals surface area (Å²) in [5.74, 6) is 1.80. The topological polar surface area (TPSA) is 92.3 Å². The second-order valence-corrected chi connectivity index (χ2v) is 9.17. The molecule has 3 rings (SSSR count). The first-order valence-electron chi connectivity index (χ1n) is 10.3. The average molecular weight is 574 g/mol. The number of rotatable bonds is 7. The lowest BCUT2D eigenvalue weighted by atomic mass is 10.2. The summed E-state index contributed by atoms with van der Waals surface area (Å²) in [5, 5.41) is 6.42. The standard InChI is InChI=1S/C22H30N4O4S.HI/c1-23-22(25-18-10-11-20(29-2)21(15-18)30-3)24-16-17-8-7-9-19(14-17)31(27,28)26-12-5-4-6-13-26;/h7-11,14-15H,4-6,12-13,16H2,1-3H3,(H2,23,24,25);1H. The van der Waals surface area contributed by atoms with Crippen LogP contribution in [0.4, 0.5) is 5.69 Å². The fraction of sp³-hybridized carbons (Fsp3) is 0.409. The molecule has 1 aliphatic rings. The van der Waals surface area contributed by atoms with Crippen LogP contribution in [0.25, 0.3) is 0 Å². The van der Waals surface area contributed by atoms with Crippen molar-refractivity contribution in [2.24, 2.45) is 4.99 Å². The Hall–Kier alpha value is -2.05. The molecule has 1 fully saturated rings. The molecule has 0 amide bonds. The summed E-state index contributed by atoms with van der Waals surface area (Å²) in [4.78, 5) is 4.57. The van der Waals surface area contributed by atoms with Crippen molar-refractivity contribution in [2.45, 2.75) is 30.7 Å². The van der Waals surface area contributed by atoms with Gasteiger partial charge in [0, 0.05) is 38.4 Å². The SMILES string of the molecule is CN=C(NCc1cccc(S(=O)(=O)N2CCCCC2)c1)Nc1ccc(OC)c(OC)c1.I. The van der Waals surface area contributed by atoms with Crippen molar-refractivity contribution in [1.29, 1.82) is 0 Å². The van der Waals surface area contributed by atoms with Crippen molar-refractivity contribution >= 4 is 45.6 Å². The van der Waals surface area contributed by atoms with Crippen LogP contribution in [0.2, 0.25) is 0 Å². The van der Waals surface area contributed by atoms with Crippen LogP contribution in [0.3, 0.4) is 0 Å². The predicted molar refractivity (Wildman–Crippen MR) is 138 cm³/mol. The molecule has 2 aromatic carbocycles.